The molecule has 114 valence electrons. The molecule has 1 aromatic rings. The van der Waals surface area contributed by atoms with Crippen molar-refractivity contribution in [3.8, 4) is 0 Å². The number of sulfonamides is 1. The van der Waals surface area contributed by atoms with Crippen molar-refractivity contribution in [2.24, 2.45) is 0 Å². The van der Waals surface area contributed by atoms with E-state index in [1.54, 1.807) is 31.2 Å². The minimum Gasteiger partial charge on any atom is -0.385 e. The van der Waals surface area contributed by atoms with Gasteiger partial charge in [-0.2, -0.15) is 0 Å². The van der Waals surface area contributed by atoms with Crippen LogP contribution in [0.4, 0.5) is 5.69 Å². The van der Waals surface area contributed by atoms with Crippen LogP contribution in [0, 0.1) is 0 Å². The molecule has 0 saturated carbocycles. The van der Waals surface area contributed by atoms with Crippen molar-refractivity contribution in [1.29, 1.82) is 0 Å². The van der Waals surface area contributed by atoms with Crippen LogP contribution in [0.15, 0.2) is 29.2 Å². The van der Waals surface area contributed by atoms with Crippen LogP contribution in [0.5, 0.6) is 0 Å². The van der Waals surface area contributed by atoms with E-state index in [-0.39, 0.29) is 0 Å². The third-order valence-corrected chi connectivity index (χ3v) is 4.42. The topological polar surface area (TPSA) is 61.4 Å². The number of hydrogen-bond acceptors (Lipinski definition) is 4. The van der Waals surface area contributed by atoms with Gasteiger partial charge in [-0.25, -0.2) is 13.1 Å². The molecule has 5 nitrogen and oxygen atoms in total. The summed E-state index contributed by atoms with van der Waals surface area (Å²) >= 11 is 0. The second-order valence-corrected chi connectivity index (χ2v) is 6.73. The summed E-state index contributed by atoms with van der Waals surface area (Å²) in [4.78, 5) is 2.47. The van der Waals surface area contributed by atoms with Crippen LogP contribution in [0.25, 0.3) is 0 Å². The summed E-state index contributed by atoms with van der Waals surface area (Å²) < 4.78 is 26.0. The third-order valence-electron chi connectivity index (χ3n) is 2.86. The molecule has 0 unspecified atom stereocenters. The number of benzene rings is 1. The summed E-state index contributed by atoms with van der Waals surface area (Å²) in [5.41, 5.74) is 0.949. The molecule has 0 bridgehead atoms. The van der Waals surface area contributed by atoms with Gasteiger partial charge in [-0.1, -0.05) is 6.92 Å². The summed E-state index contributed by atoms with van der Waals surface area (Å²) in [5.74, 6) is 0. The number of anilines is 1. The first-order valence-corrected chi connectivity index (χ1v) is 8.42. The van der Waals surface area contributed by atoms with Gasteiger partial charge in [0.15, 0.2) is 0 Å². The van der Waals surface area contributed by atoms with Crippen LogP contribution in [-0.4, -0.2) is 47.0 Å². The monoisotopic (exact) mass is 299 g/mol. The highest BCUT2D eigenvalue weighted by Crippen LogP contribution is 2.13. The van der Waals surface area contributed by atoms with E-state index in [9.17, 15) is 8.42 Å². The zero-order valence-corrected chi connectivity index (χ0v) is 13.3. The molecule has 0 aliphatic heterocycles. The molecular formula is C14H25N3O2S. The van der Waals surface area contributed by atoms with E-state index in [1.165, 1.54) is 0 Å². The highest BCUT2D eigenvalue weighted by molar-refractivity contribution is 7.89. The van der Waals surface area contributed by atoms with Crippen LogP contribution >= 0.6 is 0 Å². The van der Waals surface area contributed by atoms with E-state index in [1.807, 2.05) is 0 Å². The summed E-state index contributed by atoms with van der Waals surface area (Å²) in [6.07, 6.45) is 2.24. The second kappa shape index (κ2) is 8.24. The van der Waals surface area contributed by atoms with Crippen molar-refractivity contribution in [3.63, 3.8) is 0 Å². The van der Waals surface area contributed by atoms with Crippen LogP contribution in [0.2, 0.25) is 0 Å². The number of nitrogens with zero attached hydrogens (tertiary/aromatic N) is 1. The quantitative estimate of drug-likeness (QED) is 0.682. The largest absolute Gasteiger partial charge is 0.385 e. The second-order valence-electron chi connectivity index (χ2n) is 4.96. The maximum Gasteiger partial charge on any atom is 0.240 e. The highest BCUT2D eigenvalue weighted by Gasteiger charge is 2.11. The molecule has 0 fully saturated rings. The minimum atomic E-state index is -3.35. The first-order chi connectivity index (χ1) is 9.45. The maximum absolute atomic E-state index is 11.8. The van der Waals surface area contributed by atoms with E-state index in [0.717, 1.165) is 31.6 Å². The summed E-state index contributed by atoms with van der Waals surface area (Å²) in [5, 5.41) is 3.30. The Labute approximate surface area is 122 Å². The van der Waals surface area contributed by atoms with Crippen LogP contribution in [0.3, 0.4) is 0 Å². The molecule has 1 rings (SSSR count). The van der Waals surface area contributed by atoms with E-state index in [0.29, 0.717) is 11.4 Å². The van der Waals surface area contributed by atoms with Gasteiger partial charge in [-0.3, -0.25) is 0 Å². The molecule has 0 atom stereocenters. The van der Waals surface area contributed by atoms with Crippen LogP contribution < -0.4 is 10.0 Å². The molecule has 0 amide bonds. The number of nitrogens with one attached hydrogen (secondary N) is 2. The van der Waals surface area contributed by atoms with Gasteiger partial charge in [0.1, 0.15) is 0 Å². The van der Waals surface area contributed by atoms with Gasteiger partial charge < -0.3 is 10.2 Å². The van der Waals surface area contributed by atoms with Crippen molar-refractivity contribution in [2.45, 2.75) is 24.7 Å². The standard InChI is InChI=1S/C14H25N3O2S/c1-4-16-20(18,19)14-9-7-13(8-10-14)15-11-5-6-12-17(2)3/h7-10,15-16H,4-6,11-12H2,1-3H3. The van der Waals surface area contributed by atoms with Gasteiger partial charge in [0, 0.05) is 18.8 Å². The molecule has 0 aliphatic carbocycles. The predicted octanol–water partition coefficient (Wildman–Crippen LogP) is 1.74. The zero-order valence-electron chi connectivity index (χ0n) is 12.5. The lowest BCUT2D eigenvalue weighted by Crippen LogP contribution is -2.23. The van der Waals surface area contributed by atoms with Crippen molar-refractivity contribution >= 4 is 15.7 Å². The Bertz CT molecular complexity index is 484. The lowest BCUT2D eigenvalue weighted by molar-refractivity contribution is 0.396. The smallest absolute Gasteiger partial charge is 0.240 e. The Kier molecular flexibility index (Phi) is 6.98. The molecule has 0 saturated heterocycles. The Morgan fingerprint density at radius 1 is 1.10 bits per heavy atom. The fourth-order valence-electron chi connectivity index (χ4n) is 1.81. The minimum absolute atomic E-state index is 0.303. The van der Waals surface area contributed by atoms with E-state index < -0.39 is 10.0 Å². The van der Waals surface area contributed by atoms with Crippen LogP contribution in [0.1, 0.15) is 19.8 Å². The molecule has 0 aromatic heterocycles. The molecule has 0 spiro atoms. The summed E-state index contributed by atoms with van der Waals surface area (Å²) in [6, 6.07) is 6.85. The van der Waals surface area contributed by atoms with Gasteiger partial charge in [-0.15, -0.1) is 0 Å². The average Bonchev–Trinajstić information content (AvgIpc) is 2.38. The normalized spacial score (nSPS) is 11.8. The van der Waals surface area contributed by atoms with Crippen molar-refractivity contribution in [2.75, 3.05) is 39.0 Å². The van der Waals surface area contributed by atoms with Gasteiger partial charge in [0.2, 0.25) is 10.0 Å². The first kappa shape index (κ1) is 16.9. The Balaban J connectivity index is 2.43. The third kappa shape index (κ3) is 5.90. The fraction of sp³-hybridized carbons (Fsp3) is 0.571. The fourth-order valence-corrected chi connectivity index (χ4v) is 2.85. The van der Waals surface area contributed by atoms with E-state index in [4.69, 9.17) is 0 Å². The van der Waals surface area contributed by atoms with Gasteiger partial charge in [0.05, 0.1) is 4.90 Å². The highest BCUT2D eigenvalue weighted by atomic mass is 32.2. The summed E-state index contributed by atoms with van der Waals surface area (Å²) in [7, 11) is 0.784. The maximum atomic E-state index is 11.8. The zero-order chi connectivity index (χ0) is 15.0. The molecule has 6 heteroatoms. The Morgan fingerprint density at radius 3 is 2.30 bits per heavy atom. The number of rotatable bonds is 9. The number of hydrogen-bond donors (Lipinski definition) is 2. The lowest BCUT2D eigenvalue weighted by atomic mass is 10.2. The van der Waals surface area contributed by atoms with Crippen LogP contribution in [-0.2, 0) is 10.0 Å². The SMILES string of the molecule is CCNS(=O)(=O)c1ccc(NCCCCN(C)C)cc1. The van der Waals surface area contributed by atoms with Crippen molar-refractivity contribution in [1.82, 2.24) is 9.62 Å². The van der Waals surface area contributed by atoms with Gasteiger partial charge >= 0.3 is 0 Å². The number of unbranched alkanes of at least 4 members (excludes halogenated alkanes) is 1. The van der Waals surface area contributed by atoms with E-state index in [2.05, 4.69) is 29.0 Å². The molecule has 20 heavy (non-hydrogen) atoms. The Hall–Kier alpha value is -1.11. The predicted molar refractivity (Wildman–Crippen MR) is 83.6 cm³/mol. The first-order valence-electron chi connectivity index (χ1n) is 6.94. The lowest BCUT2D eigenvalue weighted by Gasteiger charge is -2.10. The van der Waals surface area contributed by atoms with Gasteiger partial charge in [0.25, 0.3) is 0 Å². The molecule has 0 heterocycles. The molecular weight excluding hydrogens is 274 g/mol. The summed E-state index contributed by atoms with van der Waals surface area (Å²) in [6.45, 7) is 4.14. The Morgan fingerprint density at radius 2 is 1.75 bits per heavy atom. The van der Waals surface area contributed by atoms with Crippen molar-refractivity contribution in [3.05, 3.63) is 24.3 Å². The molecule has 0 radical (unpaired) electrons. The molecule has 2 N–H and O–H groups in total. The van der Waals surface area contributed by atoms with E-state index >= 15 is 0 Å². The molecule has 0 aliphatic rings. The van der Waals surface area contributed by atoms with Gasteiger partial charge in [-0.05, 0) is 57.7 Å². The molecule has 1 aromatic carbocycles. The van der Waals surface area contributed by atoms with Crippen molar-refractivity contribution < 1.29 is 8.42 Å². The average molecular weight is 299 g/mol.